The van der Waals surface area contributed by atoms with E-state index in [1.165, 1.54) is 12.1 Å². The second kappa shape index (κ2) is 7.68. The zero-order chi connectivity index (χ0) is 15.8. The van der Waals surface area contributed by atoms with Crippen LogP contribution in [-0.2, 0) is 14.3 Å². The fourth-order valence-corrected chi connectivity index (χ4v) is 1.48. The van der Waals surface area contributed by atoms with Crippen LogP contribution in [0.5, 0.6) is 0 Å². The summed E-state index contributed by atoms with van der Waals surface area (Å²) in [6.07, 6.45) is -0.881. The molecule has 1 unspecified atom stereocenters. The third kappa shape index (κ3) is 5.35. The molecule has 0 aliphatic carbocycles. The predicted molar refractivity (Wildman–Crippen MR) is 74.2 cm³/mol. The summed E-state index contributed by atoms with van der Waals surface area (Å²) in [5.41, 5.74) is 0.759. The average molecular weight is 293 g/mol. The Morgan fingerprint density at radius 2 is 2.05 bits per heavy atom. The number of esters is 1. The molecule has 0 radical (unpaired) electrons. The smallest absolute Gasteiger partial charge is 0.345 e. The molecule has 7 nitrogen and oxygen atoms in total. The molecule has 1 aromatic rings. The maximum absolute atomic E-state index is 11.8. The number of hydrogen-bond donors (Lipinski definition) is 3. The highest BCUT2D eigenvalue weighted by Crippen LogP contribution is 2.13. The molecule has 0 saturated carbocycles. The van der Waals surface area contributed by atoms with Gasteiger partial charge in [0.05, 0.1) is 12.0 Å². The first-order valence-electron chi connectivity index (χ1n) is 6.04. The van der Waals surface area contributed by atoms with Gasteiger partial charge in [0.15, 0.2) is 0 Å². The van der Waals surface area contributed by atoms with Gasteiger partial charge in [0.2, 0.25) is 6.10 Å². The number of anilines is 1. The molecule has 1 rings (SSSR count). The Morgan fingerprint density at radius 1 is 1.33 bits per heavy atom. The first-order chi connectivity index (χ1) is 9.93. The second-order valence-electron chi connectivity index (χ2n) is 4.08. The molecule has 1 atom stereocenters. The average Bonchev–Trinajstić information content (AvgIpc) is 2.44. The highest BCUT2D eigenvalue weighted by Gasteiger charge is 2.25. The molecule has 0 bridgehead atoms. The predicted octanol–water partition coefficient (Wildman–Crippen LogP) is 1.37. The van der Waals surface area contributed by atoms with Crippen molar-refractivity contribution in [2.45, 2.75) is 12.5 Å². The van der Waals surface area contributed by atoms with Crippen LogP contribution in [-0.4, -0.2) is 40.8 Å². The summed E-state index contributed by atoms with van der Waals surface area (Å²) >= 11 is 0. The lowest BCUT2D eigenvalue weighted by molar-refractivity contribution is -0.153. The van der Waals surface area contributed by atoms with E-state index in [4.69, 9.17) is 14.9 Å². The van der Waals surface area contributed by atoms with Crippen LogP contribution in [0.4, 0.5) is 5.69 Å². The summed E-state index contributed by atoms with van der Waals surface area (Å²) in [5.74, 6) is -3.77. The molecule has 1 aromatic carbocycles. The third-order valence-electron chi connectivity index (χ3n) is 2.43. The lowest BCUT2D eigenvalue weighted by Crippen LogP contribution is -2.29. The van der Waals surface area contributed by atoms with Crippen molar-refractivity contribution < 1.29 is 29.3 Å². The molecular weight excluding hydrogens is 278 g/mol. The Kier molecular flexibility index (Phi) is 5.94. The molecule has 21 heavy (non-hydrogen) atoms. The van der Waals surface area contributed by atoms with E-state index in [2.05, 4.69) is 11.9 Å². The topological polar surface area (TPSA) is 113 Å². The molecule has 0 amide bonds. The van der Waals surface area contributed by atoms with E-state index in [0.717, 1.165) is 0 Å². The molecule has 7 heteroatoms. The number of ether oxygens (including phenoxy) is 1. The molecule has 0 aliphatic rings. The number of aliphatic carboxylic acids is 2. The Labute approximate surface area is 120 Å². The van der Waals surface area contributed by atoms with Crippen LogP contribution >= 0.6 is 0 Å². The molecule has 112 valence electrons. The highest BCUT2D eigenvalue weighted by atomic mass is 16.6. The Balaban J connectivity index is 2.79. The summed E-state index contributed by atoms with van der Waals surface area (Å²) in [6.45, 7) is 4.04. The van der Waals surface area contributed by atoms with Gasteiger partial charge in [-0.3, -0.25) is 4.79 Å². The number of carboxylic acids is 2. The number of nitrogens with one attached hydrogen (secondary N) is 1. The minimum atomic E-state index is -1.72. The Morgan fingerprint density at radius 3 is 2.62 bits per heavy atom. The SMILES string of the molecule is C=CCNc1cccc(C(=O)OC(CC(=O)O)C(=O)O)c1. The van der Waals surface area contributed by atoms with Gasteiger partial charge in [-0.25, -0.2) is 9.59 Å². The zero-order valence-electron chi connectivity index (χ0n) is 11.1. The molecule has 0 heterocycles. The number of carbonyl (C=O) groups is 3. The van der Waals surface area contributed by atoms with Crippen molar-refractivity contribution in [1.82, 2.24) is 0 Å². The van der Waals surface area contributed by atoms with Crippen LogP contribution in [0.2, 0.25) is 0 Å². The molecule has 0 fully saturated rings. The van der Waals surface area contributed by atoms with E-state index in [-0.39, 0.29) is 5.56 Å². The first-order valence-corrected chi connectivity index (χ1v) is 6.04. The normalized spacial score (nSPS) is 11.2. The molecule has 3 N–H and O–H groups in total. The monoisotopic (exact) mass is 293 g/mol. The molecule has 0 aromatic heterocycles. The minimum Gasteiger partial charge on any atom is -0.481 e. The lowest BCUT2D eigenvalue weighted by atomic mass is 10.2. The fraction of sp³-hybridized carbons (Fsp3) is 0.214. The number of carbonyl (C=O) groups excluding carboxylic acids is 1. The van der Waals surface area contributed by atoms with Gasteiger partial charge in [-0.2, -0.15) is 0 Å². The van der Waals surface area contributed by atoms with Crippen molar-refractivity contribution in [3.63, 3.8) is 0 Å². The number of hydrogen-bond acceptors (Lipinski definition) is 5. The highest BCUT2D eigenvalue weighted by molar-refractivity contribution is 5.93. The van der Waals surface area contributed by atoms with Gasteiger partial charge in [-0.15, -0.1) is 6.58 Å². The zero-order valence-corrected chi connectivity index (χ0v) is 11.1. The summed E-state index contributed by atoms with van der Waals surface area (Å²) in [4.78, 5) is 33.2. The van der Waals surface area contributed by atoms with Crippen LogP contribution in [0.3, 0.4) is 0 Å². The van der Waals surface area contributed by atoms with Crippen molar-refractivity contribution in [2.75, 3.05) is 11.9 Å². The third-order valence-corrected chi connectivity index (χ3v) is 2.43. The van der Waals surface area contributed by atoms with Crippen molar-refractivity contribution in [3.05, 3.63) is 42.5 Å². The molecule has 0 aliphatic heterocycles. The quantitative estimate of drug-likeness (QED) is 0.490. The maximum atomic E-state index is 11.8. The first kappa shape index (κ1) is 16.2. The van der Waals surface area contributed by atoms with Crippen LogP contribution in [0.1, 0.15) is 16.8 Å². The van der Waals surface area contributed by atoms with Crippen molar-refractivity contribution in [1.29, 1.82) is 0 Å². The van der Waals surface area contributed by atoms with E-state index in [0.29, 0.717) is 12.2 Å². The summed E-state index contributed by atoms with van der Waals surface area (Å²) in [7, 11) is 0. The summed E-state index contributed by atoms with van der Waals surface area (Å²) < 4.78 is 4.70. The van der Waals surface area contributed by atoms with Crippen LogP contribution < -0.4 is 5.32 Å². The lowest BCUT2D eigenvalue weighted by Gasteiger charge is -2.12. The molecule has 0 saturated heterocycles. The standard InChI is InChI=1S/C14H15NO6/c1-2-6-15-10-5-3-4-9(7-10)14(20)21-11(13(18)19)8-12(16)17/h2-5,7,11,15H,1,6,8H2,(H,16,17)(H,18,19). The van der Waals surface area contributed by atoms with E-state index in [9.17, 15) is 14.4 Å². The van der Waals surface area contributed by atoms with E-state index >= 15 is 0 Å². The van der Waals surface area contributed by atoms with Crippen molar-refractivity contribution >= 4 is 23.6 Å². The van der Waals surface area contributed by atoms with Gasteiger partial charge in [-0.05, 0) is 18.2 Å². The number of benzene rings is 1. The van der Waals surface area contributed by atoms with E-state index in [1.807, 2.05) is 0 Å². The van der Waals surface area contributed by atoms with Crippen molar-refractivity contribution in [2.24, 2.45) is 0 Å². The molecular formula is C14H15NO6. The minimum absolute atomic E-state index is 0.126. The van der Waals surface area contributed by atoms with Gasteiger partial charge in [-0.1, -0.05) is 12.1 Å². The number of carboxylic acid groups (broad SMARTS) is 2. The fourth-order valence-electron chi connectivity index (χ4n) is 1.48. The van der Waals surface area contributed by atoms with E-state index in [1.54, 1.807) is 18.2 Å². The largest absolute Gasteiger partial charge is 0.481 e. The maximum Gasteiger partial charge on any atom is 0.345 e. The Hall–Kier alpha value is -2.83. The van der Waals surface area contributed by atoms with Gasteiger partial charge < -0.3 is 20.3 Å². The van der Waals surface area contributed by atoms with Gasteiger partial charge >= 0.3 is 17.9 Å². The summed E-state index contributed by atoms with van der Waals surface area (Å²) in [6, 6.07) is 6.23. The van der Waals surface area contributed by atoms with Gasteiger partial charge in [0, 0.05) is 12.2 Å². The molecule has 0 spiro atoms. The van der Waals surface area contributed by atoms with E-state index < -0.39 is 30.4 Å². The van der Waals surface area contributed by atoms with Gasteiger partial charge in [0.1, 0.15) is 0 Å². The van der Waals surface area contributed by atoms with Crippen molar-refractivity contribution in [3.8, 4) is 0 Å². The van der Waals surface area contributed by atoms with Crippen LogP contribution in [0, 0.1) is 0 Å². The van der Waals surface area contributed by atoms with Crippen LogP contribution in [0.15, 0.2) is 36.9 Å². The summed E-state index contributed by atoms with van der Waals surface area (Å²) in [5, 5.41) is 20.4. The Bertz CT molecular complexity index is 554. The second-order valence-corrected chi connectivity index (χ2v) is 4.08. The van der Waals surface area contributed by atoms with Gasteiger partial charge in [0.25, 0.3) is 0 Å². The van der Waals surface area contributed by atoms with Crippen LogP contribution in [0.25, 0.3) is 0 Å². The number of rotatable bonds is 8.